The van der Waals surface area contributed by atoms with E-state index in [1.54, 1.807) is 18.3 Å². The van der Waals surface area contributed by atoms with Gasteiger partial charge in [0.25, 0.3) is 11.8 Å². The van der Waals surface area contributed by atoms with Crippen molar-refractivity contribution < 1.29 is 18.4 Å². The molecule has 1 N–H and O–H groups in total. The number of rotatable bonds is 4. The highest BCUT2D eigenvalue weighted by atomic mass is 19.3. The Balaban J connectivity index is 1.66. The number of amides is 2. The number of hydrogen-bond donors (Lipinski definition) is 1. The molecule has 0 spiro atoms. The van der Waals surface area contributed by atoms with Crippen LogP contribution in [-0.2, 0) is 4.79 Å². The summed E-state index contributed by atoms with van der Waals surface area (Å²) in [5.41, 5.74) is 1.19. The molecule has 142 valence electrons. The lowest BCUT2D eigenvalue weighted by molar-refractivity contribution is -0.131. The fraction of sp³-hybridized carbons (Fsp3) is 0.474. The number of nitrogens with one attached hydrogen (secondary N) is 1. The van der Waals surface area contributed by atoms with Crippen molar-refractivity contribution in [3.05, 3.63) is 41.7 Å². The molecule has 2 amide bonds. The molecule has 1 aliphatic carbocycles. The summed E-state index contributed by atoms with van der Waals surface area (Å²) in [7, 11) is 0. The van der Waals surface area contributed by atoms with Gasteiger partial charge < -0.3 is 10.2 Å². The maximum absolute atomic E-state index is 13.5. The Kier molecular flexibility index (Phi) is 5.49. The number of pyridine rings is 1. The fourth-order valence-corrected chi connectivity index (χ4v) is 3.53. The highest BCUT2D eigenvalue weighted by Gasteiger charge is 2.47. The molecule has 1 aromatic heterocycles. The lowest BCUT2D eigenvalue weighted by atomic mass is 9.87. The van der Waals surface area contributed by atoms with Crippen molar-refractivity contribution >= 4 is 11.8 Å². The van der Waals surface area contributed by atoms with Crippen LogP contribution in [0.2, 0.25) is 0 Å². The minimum Gasteiger partial charge on any atom is -0.343 e. The summed E-state index contributed by atoms with van der Waals surface area (Å²) in [5.74, 6) is -4.14. The maximum atomic E-state index is 13.5. The summed E-state index contributed by atoms with van der Waals surface area (Å²) in [4.78, 5) is 29.7. The number of nitriles is 1. The molecule has 6 nitrogen and oxygen atoms in total. The number of nitrogens with zero attached hydrogens (tertiary/aromatic N) is 3. The highest BCUT2D eigenvalue weighted by molar-refractivity contribution is 5.97. The van der Waals surface area contributed by atoms with Gasteiger partial charge in [-0.1, -0.05) is 12.2 Å². The third-order valence-electron chi connectivity index (χ3n) is 4.89. The Morgan fingerprint density at radius 1 is 1.44 bits per heavy atom. The molecule has 0 saturated carbocycles. The zero-order chi connectivity index (χ0) is 19.4. The molecule has 27 heavy (non-hydrogen) atoms. The van der Waals surface area contributed by atoms with Crippen molar-refractivity contribution in [2.24, 2.45) is 0 Å². The molecule has 3 rings (SSSR count). The number of allylic oxidation sites excluding steroid dienone is 2. The van der Waals surface area contributed by atoms with E-state index in [9.17, 15) is 18.4 Å². The SMILES string of the molecule is N#CC1CC(F)(F)CN1C(=O)CNC(=O)c1ccncc1C1C=CCCC1. The van der Waals surface area contributed by atoms with Gasteiger partial charge in [-0.15, -0.1) is 0 Å². The van der Waals surface area contributed by atoms with Crippen LogP contribution < -0.4 is 5.32 Å². The van der Waals surface area contributed by atoms with E-state index in [2.05, 4.69) is 16.4 Å². The number of carbonyl (C=O) groups excluding carboxylic acids is 2. The van der Waals surface area contributed by atoms with Gasteiger partial charge in [-0.3, -0.25) is 14.6 Å². The van der Waals surface area contributed by atoms with Crippen LogP contribution in [0.4, 0.5) is 8.78 Å². The van der Waals surface area contributed by atoms with E-state index >= 15 is 0 Å². The lowest BCUT2D eigenvalue weighted by Crippen LogP contribution is -2.43. The summed E-state index contributed by atoms with van der Waals surface area (Å²) in [5, 5.41) is 11.5. The molecule has 8 heteroatoms. The molecule has 1 aliphatic heterocycles. The molecule has 2 unspecified atom stereocenters. The van der Waals surface area contributed by atoms with Gasteiger partial charge in [0, 0.05) is 30.3 Å². The Morgan fingerprint density at radius 2 is 2.26 bits per heavy atom. The molecule has 0 radical (unpaired) electrons. The summed E-state index contributed by atoms with van der Waals surface area (Å²) in [6.07, 6.45) is 9.53. The van der Waals surface area contributed by atoms with Crippen LogP contribution in [0, 0.1) is 11.3 Å². The van der Waals surface area contributed by atoms with Gasteiger partial charge in [-0.2, -0.15) is 5.26 Å². The van der Waals surface area contributed by atoms with E-state index in [4.69, 9.17) is 5.26 Å². The van der Waals surface area contributed by atoms with Crippen LogP contribution in [0.5, 0.6) is 0 Å². The number of halogens is 2. The van der Waals surface area contributed by atoms with Gasteiger partial charge in [-0.05, 0) is 30.9 Å². The zero-order valence-electron chi connectivity index (χ0n) is 14.7. The molecule has 0 aromatic carbocycles. The number of carbonyl (C=O) groups is 2. The van der Waals surface area contributed by atoms with Gasteiger partial charge in [0.1, 0.15) is 6.04 Å². The summed E-state index contributed by atoms with van der Waals surface area (Å²) in [6, 6.07) is 2.13. The predicted molar refractivity (Wildman–Crippen MR) is 93.0 cm³/mol. The standard InChI is InChI=1S/C19H20F2N4O2/c20-19(21)8-14(9-22)25(12-19)17(26)11-24-18(27)15-6-7-23-10-16(15)13-4-2-1-3-5-13/h2,4,6-7,10,13-14H,1,3,5,8,11-12H2,(H,24,27). The Morgan fingerprint density at radius 3 is 2.96 bits per heavy atom. The molecule has 0 bridgehead atoms. The lowest BCUT2D eigenvalue weighted by Gasteiger charge is -2.21. The van der Waals surface area contributed by atoms with Crippen molar-refractivity contribution in [3.8, 4) is 6.07 Å². The molecular formula is C19H20F2N4O2. The minimum atomic E-state index is -3.08. The Labute approximate surface area is 155 Å². The fourth-order valence-electron chi connectivity index (χ4n) is 3.53. The van der Waals surface area contributed by atoms with Gasteiger partial charge in [0.05, 0.1) is 19.2 Å². The van der Waals surface area contributed by atoms with Gasteiger partial charge in [0.15, 0.2) is 0 Å². The summed E-state index contributed by atoms with van der Waals surface area (Å²) >= 11 is 0. The second-order valence-electron chi connectivity index (χ2n) is 6.84. The first kappa shape index (κ1) is 19.0. The van der Waals surface area contributed by atoms with Gasteiger partial charge in [-0.25, -0.2) is 8.78 Å². The first-order valence-corrected chi connectivity index (χ1v) is 8.87. The number of hydrogen-bond acceptors (Lipinski definition) is 4. The summed E-state index contributed by atoms with van der Waals surface area (Å²) < 4.78 is 26.9. The number of aromatic nitrogens is 1. The molecule has 1 saturated heterocycles. The smallest absolute Gasteiger partial charge is 0.268 e. The molecule has 2 aliphatic rings. The Hall–Kier alpha value is -2.82. The van der Waals surface area contributed by atoms with Crippen molar-refractivity contribution in [3.63, 3.8) is 0 Å². The van der Waals surface area contributed by atoms with Crippen molar-refractivity contribution in [2.75, 3.05) is 13.1 Å². The maximum Gasteiger partial charge on any atom is 0.268 e. The average molecular weight is 374 g/mol. The van der Waals surface area contributed by atoms with E-state index in [1.807, 2.05) is 6.08 Å². The van der Waals surface area contributed by atoms with E-state index in [-0.39, 0.29) is 5.92 Å². The number of likely N-dealkylation sites (tertiary alicyclic amines) is 1. The molecule has 2 atom stereocenters. The monoisotopic (exact) mass is 374 g/mol. The van der Waals surface area contributed by atoms with E-state index < -0.39 is 43.3 Å². The number of alkyl halides is 2. The van der Waals surface area contributed by atoms with E-state index in [0.29, 0.717) is 5.56 Å². The zero-order valence-corrected chi connectivity index (χ0v) is 14.7. The second-order valence-corrected chi connectivity index (χ2v) is 6.84. The van der Waals surface area contributed by atoms with Crippen LogP contribution in [-0.4, -0.2) is 46.8 Å². The van der Waals surface area contributed by atoms with Gasteiger partial charge >= 0.3 is 0 Å². The predicted octanol–water partition coefficient (Wildman–Crippen LogP) is 2.39. The van der Waals surface area contributed by atoms with Crippen LogP contribution in [0.1, 0.15) is 47.5 Å². The second kappa shape index (κ2) is 7.82. The van der Waals surface area contributed by atoms with Gasteiger partial charge in [0.2, 0.25) is 5.91 Å². The highest BCUT2D eigenvalue weighted by Crippen LogP contribution is 2.32. The molecular weight excluding hydrogens is 354 g/mol. The van der Waals surface area contributed by atoms with Crippen LogP contribution >= 0.6 is 0 Å². The third-order valence-corrected chi connectivity index (χ3v) is 4.89. The Bertz CT molecular complexity index is 803. The molecule has 1 aromatic rings. The van der Waals surface area contributed by atoms with Crippen LogP contribution in [0.15, 0.2) is 30.6 Å². The van der Waals surface area contributed by atoms with Crippen LogP contribution in [0.25, 0.3) is 0 Å². The third kappa shape index (κ3) is 4.30. The summed E-state index contributed by atoms with van der Waals surface area (Å²) in [6.45, 7) is -1.23. The first-order chi connectivity index (χ1) is 12.9. The van der Waals surface area contributed by atoms with E-state index in [1.165, 1.54) is 6.20 Å². The topological polar surface area (TPSA) is 86.1 Å². The van der Waals surface area contributed by atoms with Crippen molar-refractivity contribution in [2.45, 2.75) is 43.6 Å². The van der Waals surface area contributed by atoms with Crippen molar-refractivity contribution in [1.82, 2.24) is 15.2 Å². The quantitative estimate of drug-likeness (QED) is 0.820. The minimum absolute atomic E-state index is 0.0872. The normalized spacial score (nSPS) is 23.7. The molecule has 2 heterocycles. The largest absolute Gasteiger partial charge is 0.343 e. The first-order valence-electron chi connectivity index (χ1n) is 8.87. The average Bonchev–Trinajstić information content (AvgIpc) is 3.01. The van der Waals surface area contributed by atoms with E-state index in [0.717, 1.165) is 29.7 Å². The van der Waals surface area contributed by atoms with Crippen LogP contribution in [0.3, 0.4) is 0 Å². The van der Waals surface area contributed by atoms with Crippen molar-refractivity contribution in [1.29, 1.82) is 5.26 Å². The molecule has 1 fully saturated rings.